The molecular formula is C13H16F3NO2. The molecule has 0 saturated carbocycles. The van der Waals surface area contributed by atoms with Gasteiger partial charge in [0.05, 0.1) is 19.4 Å². The Morgan fingerprint density at radius 1 is 1.47 bits per heavy atom. The van der Waals surface area contributed by atoms with E-state index in [9.17, 15) is 13.2 Å². The average molecular weight is 275 g/mol. The fraction of sp³-hybridized carbons (Fsp3) is 0.615. The molecule has 1 aromatic heterocycles. The molecule has 0 N–H and O–H groups in total. The molecule has 1 aromatic rings. The largest absolute Gasteiger partial charge is 0.495 e. The summed E-state index contributed by atoms with van der Waals surface area (Å²) in [6.07, 6.45) is -2.85. The van der Waals surface area contributed by atoms with Gasteiger partial charge in [0.15, 0.2) is 5.60 Å². The third kappa shape index (κ3) is 2.18. The van der Waals surface area contributed by atoms with Gasteiger partial charge in [-0.1, -0.05) is 6.92 Å². The highest BCUT2D eigenvalue weighted by Crippen LogP contribution is 2.50. The number of nitrogens with zero attached hydrogens (tertiary/aromatic N) is 1. The number of methoxy groups -OCH3 is 1. The van der Waals surface area contributed by atoms with Gasteiger partial charge in [-0.3, -0.25) is 4.98 Å². The number of ether oxygens (including phenoxy) is 2. The number of hydrogen-bond acceptors (Lipinski definition) is 3. The van der Waals surface area contributed by atoms with Crippen LogP contribution in [0.2, 0.25) is 0 Å². The van der Waals surface area contributed by atoms with Crippen LogP contribution < -0.4 is 4.74 Å². The minimum Gasteiger partial charge on any atom is -0.495 e. The maximum atomic E-state index is 13.1. The first-order valence-electron chi connectivity index (χ1n) is 6.01. The van der Waals surface area contributed by atoms with Crippen molar-refractivity contribution in [2.24, 2.45) is 5.92 Å². The molecule has 3 nitrogen and oxygen atoms in total. The van der Waals surface area contributed by atoms with Gasteiger partial charge in [-0.05, 0) is 19.1 Å². The molecule has 2 rings (SSSR count). The molecule has 3 atom stereocenters. The second-order valence-corrected chi connectivity index (χ2v) is 4.90. The lowest BCUT2D eigenvalue weighted by molar-refractivity contribution is -0.266. The van der Waals surface area contributed by atoms with Crippen LogP contribution in [0.1, 0.15) is 25.5 Å². The van der Waals surface area contributed by atoms with Crippen LogP contribution in [-0.4, -0.2) is 30.5 Å². The number of aromatic nitrogens is 1. The molecule has 0 amide bonds. The Hall–Kier alpha value is -1.30. The Kier molecular flexibility index (Phi) is 3.47. The van der Waals surface area contributed by atoms with Crippen LogP contribution in [0.3, 0.4) is 0 Å². The summed E-state index contributed by atoms with van der Waals surface area (Å²) in [5.41, 5.74) is -1.62. The van der Waals surface area contributed by atoms with E-state index in [1.165, 1.54) is 7.11 Å². The first kappa shape index (κ1) is 14.1. The fourth-order valence-corrected chi connectivity index (χ4v) is 2.43. The van der Waals surface area contributed by atoms with E-state index in [-0.39, 0.29) is 6.61 Å². The predicted molar refractivity (Wildman–Crippen MR) is 63.1 cm³/mol. The summed E-state index contributed by atoms with van der Waals surface area (Å²) in [5.74, 6) is -0.659. The molecule has 0 aliphatic carbocycles. The summed E-state index contributed by atoms with van der Waals surface area (Å²) in [4.78, 5) is 4.16. The van der Waals surface area contributed by atoms with Crippen molar-refractivity contribution in [2.75, 3.05) is 13.7 Å². The molecule has 106 valence electrons. The average Bonchev–Trinajstić information content (AvgIpc) is 2.67. The van der Waals surface area contributed by atoms with Gasteiger partial charge < -0.3 is 9.47 Å². The molecule has 6 heteroatoms. The molecule has 0 aromatic carbocycles. The van der Waals surface area contributed by atoms with Gasteiger partial charge >= 0.3 is 6.18 Å². The monoisotopic (exact) mass is 275 g/mol. The normalized spacial score (nSPS) is 31.5. The van der Waals surface area contributed by atoms with Crippen LogP contribution in [0.15, 0.2) is 18.3 Å². The highest BCUT2D eigenvalue weighted by molar-refractivity contribution is 5.32. The molecule has 0 radical (unpaired) electrons. The van der Waals surface area contributed by atoms with Gasteiger partial charge in [0.25, 0.3) is 0 Å². The van der Waals surface area contributed by atoms with E-state index in [0.717, 1.165) is 6.92 Å². The van der Waals surface area contributed by atoms with Crippen molar-refractivity contribution in [3.05, 3.63) is 24.0 Å². The minimum atomic E-state index is -4.40. The first-order valence-corrected chi connectivity index (χ1v) is 6.01. The Labute approximate surface area is 109 Å². The standard InChI is InChI=1S/C13H16F3NO2/c1-8-9(7-19-12(8,2)13(14,15)16)11-10(18-3)5-4-6-17-11/h4-6,8-9H,7H2,1-3H3. The van der Waals surface area contributed by atoms with Crippen molar-refractivity contribution >= 4 is 0 Å². The zero-order valence-electron chi connectivity index (χ0n) is 11.0. The van der Waals surface area contributed by atoms with Crippen molar-refractivity contribution in [3.8, 4) is 5.75 Å². The van der Waals surface area contributed by atoms with Crippen LogP contribution in [-0.2, 0) is 4.74 Å². The molecular weight excluding hydrogens is 259 g/mol. The number of alkyl halides is 3. The lowest BCUT2D eigenvalue weighted by Crippen LogP contribution is -2.46. The molecule has 3 unspecified atom stereocenters. The van der Waals surface area contributed by atoms with Crippen molar-refractivity contribution < 1.29 is 22.6 Å². The molecule has 1 saturated heterocycles. The van der Waals surface area contributed by atoms with Gasteiger partial charge in [-0.25, -0.2) is 0 Å². The van der Waals surface area contributed by atoms with E-state index in [4.69, 9.17) is 9.47 Å². The Balaban J connectivity index is 2.35. The summed E-state index contributed by atoms with van der Waals surface area (Å²) in [6.45, 7) is 2.62. The molecule has 1 fully saturated rings. The molecule has 1 aliphatic heterocycles. The van der Waals surface area contributed by atoms with Gasteiger partial charge in [0.1, 0.15) is 5.75 Å². The van der Waals surface area contributed by atoms with E-state index in [0.29, 0.717) is 11.4 Å². The number of hydrogen-bond donors (Lipinski definition) is 0. The van der Waals surface area contributed by atoms with Crippen molar-refractivity contribution in [1.29, 1.82) is 0 Å². The molecule has 2 heterocycles. The van der Waals surface area contributed by atoms with Crippen LogP contribution in [0.4, 0.5) is 13.2 Å². The zero-order valence-corrected chi connectivity index (χ0v) is 11.0. The summed E-state index contributed by atoms with van der Waals surface area (Å²) in [6, 6.07) is 3.38. The van der Waals surface area contributed by atoms with Crippen molar-refractivity contribution in [2.45, 2.75) is 31.5 Å². The Bertz CT molecular complexity index is 463. The lowest BCUT2D eigenvalue weighted by atomic mass is 9.81. The molecule has 0 spiro atoms. The van der Waals surface area contributed by atoms with E-state index in [1.807, 2.05) is 0 Å². The molecule has 0 bridgehead atoms. The number of pyridine rings is 1. The third-order valence-corrected chi connectivity index (χ3v) is 3.97. The second kappa shape index (κ2) is 4.67. The quantitative estimate of drug-likeness (QED) is 0.830. The van der Waals surface area contributed by atoms with E-state index in [2.05, 4.69) is 4.98 Å². The highest BCUT2D eigenvalue weighted by Gasteiger charge is 2.61. The fourth-order valence-electron chi connectivity index (χ4n) is 2.43. The third-order valence-electron chi connectivity index (χ3n) is 3.97. The predicted octanol–water partition coefficient (Wildman–Crippen LogP) is 3.16. The second-order valence-electron chi connectivity index (χ2n) is 4.90. The highest BCUT2D eigenvalue weighted by atomic mass is 19.4. The minimum absolute atomic E-state index is 0.00937. The van der Waals surface area contributed by atoms with Gasteiger partial charge in [0, 0.05) is 18.0 Å². The maximum absolute atomic E-state index is 13.1. The van der Waals surface area contributed by atoms with Crippen LogP contribution in [0.25, 0.3) is 0 Å². The number of rotatable bonds is 2. The van der Waals surface area contributed by atoms with Crippen molar-refractivity contribution in [1.82, 2.24) is 4.98 Å². The van der Waals surface area contributed by atoms with E-state index in [1.54, 1.807) is 25.3 Å². The van der Waals surface area contributed by atoms with E-state index >= 15 is 0 Å². The SMILES string of the molecule is COc1cccnc1C1COC(C)(C(F)(F)F)C1C. The lowest BCUT2D eigenvalue weighted by Gasteiger charge is -2.31. The summed E-state index contributed by atoms with van der Waals surface area (Å²) in [7, 11) is 1.48. The maximum Gasteiger partial charge on any atom is 0.417 e. The Morgan fingerprint density at radius 3 is 2.68 bits per heavy atom. The Morgan fingerprint density at radius 2 is 2.16 bits per heavy atom. The molecule has 19 heavy (non-hydrogen) atoms. The zero-order chi connectivity index (χ0) is 14.3. The van der Waals surface area contributed by atoms with Gasteiger partial charge in [-0.15, -0.1) is 0 Å². The summed E-state index contributed by atoms with van der Waals surface area (Å²) in [5, 5.41) is 0. The van der Waals surface area contributed by atoms with Gasteiger partial charge in [0.2, 0.25) is 0 Å². The number of halogens is 3. The van der Waals surface area contributed by atoms with Gasteiger partial charge in [-0.2, -0.15) is 13.2 Å². The van der Waals surface area contributed by atoms with E-state index < -0.39 is 23.6 Å². The van der Waals surface area contributed by atoms with Crippen LogP contribution in [0.5, 0.6) is 5.75 Å². The van der Waals surface area contributed by atoms with Crippen LogP contribution >= 0.6 is 0 Å². The summed E-state index contributed by atoms with van der Waals surface area (Å²) >= 11 is 0. The summed E-state index contributed by atoms with van der Waals surface area (Å²) < 4.78 is 49.5. The smallest absolute Gasteiger partial charge is 0.417 e. The molecule has 1 aliphatic rings. The van der Waals surface area contributed by atoms with Crippen molar-refractivity contribution in [3.63, 3.8) is 0 Å². The first-order chi connectivity index (χ1) is 8.81. The topological polar surface area (TPSA) is 31.4 Å². The van der Waals surface area contributed by atoms with Crippen LogP contribution in [0, 0.1) is 5.92 Å².